The molecular formula is C24H19Cl2NO5. The van der Waals surface area contributed by atoms with Gasteiger partial charge < -0.3 is 14.3 Å². The molecule has 0 radical (unpaired) electrons. The fraction of sp³-hybridized carbons (Fsp3) is 0.167. The van der Waals surface area contributed by atoms with Gasteiger partial charge in [0, 0.05) is 16.3 Å². The van der Waals surface area contributed by atoms with Gasteiger partial charge >= 0.3 is 0 Å². The summed E-state index contributed by atoms with van der Waals surface area (Å²) in [6.07, 6.45) is 0. The third-order valence-corrected chi connectivity index (χ3v) is 6.07. The highest BCUT2D eigenvalue weighted by molar-refractivity contribution is 6.52. The predicted octanol–water partition coefficient (Wildman–Crippen LogP) is 5.84. The van der Waals surface area contributed by atoms with Crippen molar-refractivity contribution in [3.8, 4) is 5.75 Å². The second-order valence-corrected chi connectivity index (χ2v) is 8.21. The number of hydrogen-bond acceptors (Lipinski definition) is 5. The van der Waals surface area contributed by atoms with Gasteiger partial charge in [0.1, 0.15) is 29.1 Å². The van der Waals surface area contributed by atoms with Gasteiger partial charge in [0.05, 0.1) is 17.7 Å². The van der Waals surface area contributed by atoms with Crippen molar-refractivity contribution in [2.75, 3.05) is 12.0 Å². The molecule has 0 spiro atoms. The Kier molecular flexibility index (Phi) is 5.75. The van der Waals surface area contributed by atoms with E-state index in [1.54, 1.807) is 43.3 Å². The van der Waals surface area contributed by atoms with Gasteiger partial charge in [-0.25, -0.2) is 0 Å². The van der Waals surface area contributed by atoms with Crippen LogP contribution in [0.25, 0.3) is 5.76 Å². The summed E-state index contributed by atoms with van der Waals surface area (Å²) < 4.78 is 11.0. The van der Waals surface area contributed by atoms with Gasteiger partial charge in [-0.1, -0.05) is 29.3 Å². The van der Waals surface area contributed by atoms with E-state index in [0.717, 1.165) is 5.56 Å². The fourth-order valence-electron chi connectivity index (χ4n) is 3.66. The lowest BCUT2D eigenvalue weighted by molar-refractivity contribution is -0.132. The Morgan fingerprint density at radius 3 is 2.41 bits per heavy atom. The lowest BCUT2D eigenvalue weighted by Crippen LogP contribution is -2.29. The van der Waals surface area contributed by atoms with E-state index < -0.39 is 23.5 Å². The van der Waals surface area contributed by atoms with Crippen LogP contribution in [0, 0.1) is 13.8 Å². The molecular weight excluding hydrogens is 453 g/mol. The number of furan rings is 1. The van der Waals surface area contributed by atoms with Crippen LogP contribution in [-0.4, -0.2) is 23.9 Å². The number of rotatable bonds is 4. The molecule has 6 nitrogen and oxygen atoms in total. The van der Waals surface area contributed by atoms with Crippen molar-refractivity contribution >= 4 is 46.3 Å². The van der Waals surface area contributed by atoms with Gasteiger partial charge in [0.25, 0.3) is 11.7 Å². The molecule has 0 aliphatic carbocycles. The molecule has 1 N–H and O–H groups in total. The molecule has 2 aromatic carbocycles. The smallest absolute Gasteiger partial charge is 0.300 e. The van der Waals surface area contributed by atoms with Crippen LogP contribution < -0.4 is 9.64 Å². The van der Waals surface area contributed by atoms with Crippen molar-refractivity contribution in [3.05, 3.63) is 86.8 Å². The van der Waals surface area contributed by atoms with Gasteiger partial charge in [0.15, 0.2) is 0 Å². The number of aliphatic hydroxyl groups excluding tert-OH is 1. The number of hydrogen-bond donors (Lipinski definition) is 1. The Morgan fingerprint density at radius 2 is 1.78 bits per heavy atom. The zero-order valence-corrected chi connectivity index (χ0v) is 19.0. The second-order valence-electron chi connectivity index (χ2n) is 7.40. The van der Waals surface area contributed by atoms with Gasteiger partial charge in [0.2, 0.25) is 0 Å². The third kappa shape index (κ3) is 3.66. The summed E-state index contributed by atoms with van der Waals surface area (Å²) in [5, 5.41) is 11.8. The molecule has 1 unspecified atom stereocenters. The average Bonchev–Trinajstić information content (AvgIpc) is 3.31. The van der Waals surface area contributed by atoms with Crippen molar-refractivity contribution in [1.82, 2.24) is 0 Å². The number of aryl methyl sites for hydroxylation is 2. The minimum atomic E-state index is -1.01. The molecule has 1 fully saturated rings. The normalized spacial score (nSPS) is 17.8. The summed E-state index contributed by atoms with van der Waals surface area (Å²) in [6.45, 7) is 3.58. The van der Waals surface area contributed by atoms with Gasteiger partial charge in [-0.3, -0.25) is 14.5 Å². The first kappa shape index (κ1) is 22.0. The molecule has 1 amide bonds. The summed E-state index contributed by atoms with van der Waals surface area (Å²) in [4.78, 5) is 27.6. The quantitative estimate of drug-likeness (QED) is 0.293. The van der Waals surface area contributed by atoms with E-state index in [9.17, 15) is 14.7 Å². The van der Waals surface area contributed by atoms with E-state index in [-0.39, 0.29) is 16.2 Å². The van der Waals surface area contributed by atoms with Crippen molar-refractivity contribution in [2.45, 2.75) is 19.9 Å². The molecule has 1 aromatic heterocycles. The van der Waals surface area contributed by atoms with Crippen molar-refractivity contribution in [2.24, 2.45) is 0 Å². The topological polar surface area (TPSA) is 80.0 Å². The lowest BCUT2D eigenvalue weighted by atomic mass is 9.99. The van der Waals surface area contributed by atoms with Gasteiger partial charge in [-0.2, -0.15) is 0 Å². The predicted molar refractivity (Wildman–Crippen MR) is 122 cm³/mol. The third-order valence-electron chi connectivity index (χ3n) is 5.34. The van der Waals surface area contributed by atoms with E-state index in [2.05, 4.69) is 0 Å². The number of carbonyl (C=O) groups is 2. The largest absolute Gasteiger partial charge is 0.507 e. The van der Waals surface area contributed by atoms with Crippen LogP contribution in [-0.2, 0) is 9.59 Å². The Labute approximate surface area is 194 Å². The average molecular weight is 472 g/mol. The number of nitrogens with zero attached hydrogens (tertiary/aromatic N) is 1. The van der Waals surface area contributed by atoms with Crippen molar-refractivity contribution in [3.63, 3.8) is 0 Å². The van der Waals surface area contributed by atoms with Crippen LogP contribution >= 0.6 is 23.2 Å². The fourth-order valence-corrected chi connectivity index (χ4v) is 4.04. The first-order chi connectivity index (χ1) is 15.2. The molecule has 1 atom stereocenters. The Balaban J connectivity index is 1.97. The zero-order valence-electron chi connectivity index (χ0n) is 17.5. The monoisotopic (exact) mass is 471 g/mol. The zero-order chi connectivity index (χ0) is 23.2. The number of benzene rings is 2. The number of carbonyl (C=O) groups excluding carboxylic acids is 2. The summed E-state index contributed by atoms with van der Waals surface area (Å²) >= 11 is 12.6. The van der Waals surface area contributed by atoms with E-state index in [0.29, 0.717) is 28.0 Å². The number of aliphatic hydroxyl groups is 1. The molecule has 4 rings (SSSR count). The molecule has 0 bridgehead atoms. The van der Waals surface area contributed by atoms with Crippen LogP contribution in [0.3, 0.4) is 0 Å². The second kappa shape index (κ2) is 8.37. The summed E-state index contributed by atoms with van der Waals surface area (Å²) in [7, 11) is 1.47. The number of amides is 1. The van der Waals surface area contributed by atoms with Crippen LogP contribution in [0.2, 0.25) is 10.0 Å². The first-order valence-corrected chi connectivity index (χ1v) is 10.5. The van der Waals surface area contributed by atoms with E-state index in [1.807, 2.05) is 6.92 Å². The van der Waals surface area contributed by atoms with E-state index in [4.69, 9.17) is 32.4 Å². The molecule has 8 heteroatoms. The molecule has 3 aromatic rings. The Morgan fingerprint density at radius 1 is 1.03 bits per heavy atom. The highest BCUT2D eigenvalue weighted by Gasteiger charge is 2.48. The Hall–Kier alpha value is -3.22. The maximum absolute atomic E-state index is 13.2. The number of Topliss-reactive ketones (excluding diaryl/α,β-unsaturated/α-hetero) is 1. The maximum Gasteiger partial charge on any atom is 0.300 e. The van der Waals surface area contributed by atoms with Crippen LogP contribution in [0.1, 0.15) is 28.7 Å². The molecule has 32 heavy (non-hydrogen) atoms. The minimum Gasteiger partial charge on any atom is -0.507 e. The maximum atomic E-state index is 13.2. The van der Waals surface area contributed by atoms with E-state index >= 15 is 0 Å². The highest BCUT2D eigenvalue weighted by atomic mass is 35.5. The number of halogens is 2. The molecule has 2 heterocycles. The van der Waals surface area contributed by atoms with Crippen LogP contribution in [0.5, 0.6) is 5.75 Å². The van der Waals surface area contributed by atoms with Gasteiger partial charge in [-0.05, 0) is 61.9 Å². The van der Waals surface area contributed by atoms with Gasteiger partial charge in [-0.15, -0.1) is 0 Å². The lowest BCUT2D eigenvalue weighted by Gasteiger charge is -2.24. The first-order valence-electron chi connectivity index (χ1n) is 9.70. The molecule has 0 saturated carbocycles. The number of ketones is 1. The van der Waals surface area contributed by atoms with E-state index in [1.165, 1.54) is 24.1 Å². The number of anilines is 1. The highest BCUT2D eigenvalue weighted by Crippen LogP contribution is 2.44. The molecule has 1 aliphatic heterocycles. The SMILES string of the molecule is COc1ccc(Cl)c(/C(O)=C2/C(=O)C(=O)N(c3ccc(C)c(Cl)c3)C2c2ccc(C)o2)c1. The van der Waals surface area contributed by atoms with Crippen LogP contribution in [0.4, 0.5) is 5.69 Å². The summed E-state index contributed by atoms with van der Waals surface area (Å²) in [5.74, 6) is -0.763. The molecule has 1 saturated heterocycles. The molecule has 164 valence electrons. The number of ether oxygens (including phenoxy) is 1. The summed E-state index contributed by atoms with van der Waals surface area (Å²) in [6, 6.07) is 12.1. The minimum absolute atomic E-state index is 0.142. The molecule has 1 aliphatic rings. The standard InChI is InChI=1S/C24H19Cl2NO5/c1-12-4-6-14(10-18(12)26)27-21(19-9-5-13(2)32-19)20(23(29)24(27)30)22(28)16-11-15(31-3)7-8-17(16)25/h4-11,21,28H,1-3H3/b22-20-. The van der Waals surface area contributed by atoms with Crippen molar-refractivity contribution in [1.29, 1.82) is 0 Å². The summed E-state index contributed by atoms with van der Waals surface area (Å²) in [5.41, 5.74) is 1.24. The van der Waals surface area contributed by atoms with Crippen LogP contribution in [0.15, 0.2) is 58.5 Å². The van der Waals surface area contributed by atoms with Crippen molar-refractivity contribution < 1.29 is 23.8 Å². The number of methoxy groups -OCH3 is 1. The Bertz CT molecular complexity index is 1280.